The van der Waals surface area contributed by atoms with E-state index < -0.39 is 0 Å². The van der Waals surface area contributed by atoms with E-state index in [4.69, 9.17) is 5.26 Å². The van der Waals surface area contributed by atoms with Crippen LogP contribution in [0.15, 0.2) is 0 Å². The molecule has 3 nitrogen and oxygen atoms in total. The summed E-state index contributed by atoms with van der Waals surface area (Å²) in [6.07, 6.45) is 1.98. The van der Waals surface area contributed by atoms with E-state index in [2.05, 4.69) is 0 Å². The molecule has 68 valence electrons. The summed E-state index contributed by atoms with van der Waals surface area (Å²) in [6, 6.07) is 2.06. The molecule has 0 aromatic carbocycles. The van der Waals surface area contributed by atoms with Crippen LogP contribution in [-0.2, 0) is 4.79 Å². The van der Waals surface area contributed by atoms with Crippen molar-refractivity contribution in [3.8, 4) is 6.07 Å². The number of carbonyl (C=O) groups is 1. The van der Waals surface area contributed by atoms with Gasteiger partial charge >= 0.3 is 0 Å². The maximum absolute atomic E-state index is 11.2. The number of nitriles is 1. The number of amides is 1. The zero-order valence-electron chi connectivity index (χ0n) is 7.70. The zero-order valence-corrected chi connectivity index (χ0v) is 8.52. The molecule has 0 aromatic heterocycles. The van der Waals surface area contributed by atoms with E-state index in [9.17, 15) is 4.79 Å². The van der Waals surface area contributed by atoms with Crippen molar-refractivity contribution >= 4 is 17.7 Å². The van der Waals surface area contributed by atoms with Crippen molar-refractivity contribution in [2.75, 3.05) is 19.1 Å². The van der Waals surface area contributed by atoms with E-state index in [0.717, 1.165) is 5.75 Å². The van der Waals surface area contributed by atoms with Crippen LogP contribution in [0.25, 0.3) is 0 Å². The lowest BCUT2D eigenvalue weighted by atomic mass is 10.3. The van der Waals surface area contributed by atoms with Crippen molar-refractivity contribution in [2.45, 2.75) is 19.4 Å². The van der Waals surface area contributed by atoms with E-state index in [1.54, 1.807) is 23.7 Å². The van der Waals surface area contributed by atoms with Gasteiger partial charge in [0.25, 0.3) is 0 Å². The first kappa shape index (κ1) is 11.3. The van der Waals surface area contributed by atoms with Crippen molar-refractivity contribution in [2.24, 2.45) is 0 Å². The third-order valence-corrected chi connectivity index (χ3v) is 2.51. The van der Waals surface area contributed by atoms with Crippen LogP contribution in [-0.4, -0.2) is 35.9 Å². The smallest absolute Gasteiger partial charge is 0.236 e. The predicted octanol–water partition coefficient (Wildman–Crippen LogP) is 1.11. The lowest BCUT2D eigenvalue weighted by Gasteiger charge is -2.23. The van der Waals surface area contributed by atoms with Gasteiger partial charge < -0.3 is 4.90 Å². The first-order chi connectivity index (χ1) is 5.63. The third-order valence-electron chi connectivity index (χ3n) is 1.69. The maximum Gasteiger partial charge on any atom is 0.236 e. The van der Waals surface area contributed by atoms with Crippen LogP contribution in [0, 0.1) is 11.3 Å². The molecule has 0 bridgehead atoms. The Morgan fingerprint density at radius 3 is 2.75 bits per heavy atom. The van der Waals surface area contributed by atoms with Gasteiger partial charge in [0.1, 0.15) is 6.42 Å². The zero-order chi connectivity index (χ0) is 9.56. The molecule has 0 rings (SSSR count). The van der Waals surface area contributed by atoms with Crippen LogP contribution in [0.2, 0.25) is 0 Å². The summed E-state index contributed by atoms with van der Waals surface area (Å²) in [4.78, 5) is 12.8. The lowest BCUT2D eigenvalue weighted by molar-refractivity contribution is -0.130. The van der Waals surface area contributed by atoms with Gasteiger partial charge in [-0.3, -0.25) is 4.79 Å². The summed E-state index contributed by atoms with van der Waals surface area (Å²) in [5.74, 6) is 0.812. The average Bonchev–Trinajstić information content (AvgIpc) is 2.04. The molecule has 0 saturated heterocycles. The van der Waals surface area contributed by atoms with Gasteiger partial charge in [-0.25, -0.2) is 0 Å². The van der Waals surface area contributed by atoms with Crippen molar-refractivity contribution < 1.29 is 4.79 Å². The van der Waals surface area contributed by atoms with Crippen LogP contribution in [0.3, 0.4) is 0 Å². The highest BCUT2D eigenvalue weighted by atomic mass is 32.2. The van der Waals surface area contributed by atoms with E-state index in [1.807, 2.05) is 19.2 Å². The van der Waals surface area contributed by atoms with Crippen LogP contribution >= 0.6 is 11.8 Å². The van der Waals surface area contributed by atoms with Gasteiger partial charge in [-0.1, -0.05) is 0 Å². The highest BCUT2D eigenvalue weighted by Crippen LogP contribution is 2.04. The van der Waals surface area contributed by atoms with Gasteiger partial charge in [-0.05, 0) is 13.2 Å². The average molecular weight is 186 g/mol. The molecule has 0 spiro atoms. The van der Waals surface area contributed by atoms with Crippen LogP contribution < -0.4 is 0 Å². The van der Waals surface area contributed by atoms with Crippen LogP contribution in [0.5, 0.6) is 0 Å². The van der Waals surface area contributed by atoms with E-state index in [-0.39, 0.29) is 18.4 Å². The van der Waals surface area contributed by atoms with Crippen molar-refractivity contribution in [1.29, 1.82) is 5.26 Å². The fourth-order valence-corrected chi connectivity index (χ4v) is 1.50. The Balaban J connectivity index is 3.92. The number of carbonyl (C=O) groups excluding carboxylic acids is 1. The number of thioether (sulfide) groups is 1. The number of hydrogen-bond donors (Lipinski definition) is 0. The molecule has 4 heteroatoms. The standard InChI is InChI=1S/C8H14N2OS/c1-7(6-12-3)10(2)8(11)4-5-9/h7H,4,6H2,1-3H3. The molecule has 0 N–H and O–H groups in total. The Kier molecular flexibility index (Phi) is 5.56. The Morgan fingerprint density at radius 2 is 2.33 bits per heavy atom. The second kappa shape index (κ2) is 5.90. The van der Waals surface area contributed by atoms with Crippen molar-refractivity contribution in [1.82, 2.24) is 4.90 Å². The molecule has 0 heterocycles. The van der Waals surface area contributed by atoms with Gasteiger partial charge in [-0.2, -0.15) is 17.0 Å². The molecular weight excluding hydrogens is 172 g/mol. The molecule has 1 unspecified atom stereocenters. The largest absolute Gasteiger partial charge is 0.341 e. The highest BCUT2D eigenvalue weighted by Gasteiger charge is 2.13. The van der Waals surface area contributed by atoms with Gasteiger partial charge in [0.05, 0.1) is 6.07 Å². The molecule has 0 aromatic rings. The van der Waals surface area contributed by atoms with Gasteiger partial charge in [0, 0.05) is 18.8 Å². The Labute approximate surface area is 77.7 Å². The third kappa shape index (κ3) is 3.63. The summed E-state index contributed by atoms with van der Waals surface area (Å²) in [5.41, 5.74) is 0. The second-order valence-electron chi connectivity index (χ2n) is 2.64. The molecule has 0 aliphatic heterocycles. The molecule has 0 aliphatic carbocycles. The monoisotopic (exact) mass is 186 g/mol. The SMILES string of the molecule is CSCC(C)N(C)C(=O)CC#N. The topological polar surface area (TPSA) is 44.1 Å². The minimum atomic E-state index is -0.0981. The summed E-state index contributed by atoms with van der Waals surface area (Å²) in [6.45, 7) is 1.98. The molecule has 0 fully saturated rings. The minimum absolute atomic E-state index is 0.0186. The van der Waals surface area contributed by atoms with E-state index in [1.165, 1.54) is 0 Å². The van der Waals surface area contributed by atoms with Crippen LogP contribution in [0.4, 0.5) is 0 Å². The fraction of sp³-hybridized carbons (Fsp3) is 0.750. The molecule has 1 atom stereocenters. The normalized spacial score (nSPS) is 11.8. The van der Waals surface area contributed by atoms with E-state index in [0.29, 0.717) is 0 Å². The van der Waals surface area contributed by atoms with Crippen LogP contribution in [0.1, 0.15) is 13.3 Å². The minimum Gasteiger partial charge on any atom is -0.341 e. The van der Waals surface area contributed by atoms with Crippen molar-refractivity contribution in [3.63, 3.8) is 0 Å². The fourth-order valence-electron chi connectivity index (χ4n) is 0.791. The second-order valence-corrected chi connectivity index (χ2v) is 3.55. The molecule has 12 heavy (non-hydrogen) atoms. The number of hydrogen-bond acceptors (Lipinski definition) is 3. The lowest BCUT2D eigenvalue weighted by Crippen LogP contribution is -2.36. The summed E-state index contributed by atoms with van der Waals surface area (Å²) in [5, 5.41) is 8.29. The van der Waals surface area contributed by atoms with Crippen molar-refractivity contribution in [3.05, 3.63) is 0 Å². The molecular formula is C8H14N2OS. The highest BCUT2D eigenvalue weighted by molar-refractivity contribution is 7.98. The Morgan fingerprint density at radius 1 is 1.75 bits per heavy atom. The Bertz CT molecular complexity index is 188. The molecule has 0 radical (unpaired) electrons. The summed E-state index contributed by atoms with van der Waals surface area (Å²) < 4.78 is 0. The van der Waals surface area contributed by atoms with Gasteiger partial charge in [0.15, 0.2) is 0 Å². The van der Waals surface area contributed by atoms with Gasteiger partial charge in [-0.15, -0.1) is 0 Å². The first-order valence-corrected chi connectivity index (χ1v) is 5.14. The number of nitrogens with zero attached hydrogens (tertiary/aromatic N) is 2. The molecule has 0 saturated carbocycles. The first-order valence-electron chi connectivity index (χ1n) is 3.75. The molecule has 0 aliphatic rings. The summed E-state index contributed by atoms with van der Waals surface area (Å²) >= 11 is 1.70. The predicted molar refractivity (Wildman–Crippen MR) is 50.8 cm³/mol. The van der Waals surface area contributed by atoms with Gasteiger partial charge in [0.2, 0.25) is 5.91 Å². The maximum atomic E-state index is 11.2. The van der Waals surface area contributed by atoms with E-state index >= 15 is 0 Å². The quantitative estimate of drug-likeness (QED) is 0.660. The Hall–Kier alpha value is -0.690. The number of rotatable bonds is 4. The summed E-state index contributed by atoms with van der Waals surface area (Å²) in [7, 11) is 1.74. The molecule has 1 amide bonds.